The number of fused-ring (bicyclic) bond motifs is 1. The van der Waals surface area contributed by atoms with Gasteiger partial charge in [-0.3, -0.25) is 0 Å². The van der Waals surface area contributed by atoms with Crippen molar-refractivity contribution in [1.29, 1.82) is 0 Å². The lowest BCUT2D eigenvalue weighted by Crippen LogP contribution is -2.26. The minimum Gasteiger partial charge on any atom is -0.317 e. The van der Waals surface area contributed by atoms with Gasteiger partial charge in [-0.25, -0.2) is 0 Å². The summed E-state index contributed by atoms with van der Waals surface area (Å²) in [6.45, 7) is 2.39. The smallest absolute Gasteiger partial charge is 0.00431 e. The zero-order valence-corrected chi connectivity index (χ0v) is 11.2. The average molecular weight is 252 g/mol. The third-order valence-corrected chi connectivity index (χ3v) is 4.18. The molecule has 1 aromatic carbocycles. The fraction of sp³-hybridized carbons (Fsp3) is 0.600. The molecule has 1 aromatic rings. The highest BCUT2D eigenvalue weighted by atomic mass is 35.5. The van der Waals surface area contributed by atoms with Gasteiger partial charge in [-0.1, -0.05) is 18.2 Å². The highest BCUT2D eigenvalue weighted by molar-refractivity contribution is 5.85. The van der Waals surface area contributed by atoms with Gasteiger partial charge in [0.1, 0.15) is 0 Å². The Balaban J connectivity index is 0.00000108. The molecule has 1 aliphatic heterocycles. The van der Waals surface area contributed by atoms with Crippen LogP contribution in [0.25, 0.3) is 0 Å². The van der Waals surface area contributed by atoms with E-state index in [0.29, 0.717) is 0 Å². The molecule has 0 atom stereocenters. The van der Waals surface area contributed by atoms with Gasteiger partial charge in [0.05, 0.1) is 0 Å². The summed E-state index contributed by atoms with van der Waals surface area (Å²) in [6.07, 6.45) is 8.04. The van der Waals surface area contributed by atoms with Gasteiger partial charge in [0, 0.05) is 0 Å². The molecule has 0 radical (unpaired) electrons. The Hall–Kier alpha value is -0.530. The molecule has 1 fully saturated rings. The first-order valence-electron chi connectivity index (χ1n) is 6.76. The molecule has 3 rings (SSSR count). The molecule has 1 nitrogen and oxygen atoms in total. The van der Waals surface area contributed by atoms with Gasteiger partial charge in [-0.2, -0.15) is 0 Å². The summed E-state index contributed by atoms with van der Waals surface area (Å²) in [7, 11) is 0. The normalized spacial score (nSPS) is 20.5. The second-order valence-electron chi connectivity index (χ2n) is 5.26. The zero-order chi connectivity index (χ0) is 10.8. The molecule has 0 bridgehead atoms. The molecule has 0 saturated carbocycles. The number of halogens is 1. The lowest BCUT2D eigenvalue weighted by atomic mass is 9.84. The van der Waals surface area contributed by atoms with Gasteiger partial charge in [0.2, 0.25) is 0 Å². The molecule has 2 heteroatoms. The standard InChI is InChI=1S/C15H21N.ClH/c1-2-4-14-11-15(6-5-12(14)3-1)13-7-9-16-10-8-13;/h5-6,11,13,16H,1-4,7-10H2;1H. The van der Waals surface area contributed by atoms with Crippen LogP contribution >= 0.6 is 12.4 Å². The summed E-state index contributed by atoms with van der Waals surface area (Å²) in [5, 5.41) is 3.45. The van der Waals surface area contributed by atoms with Gasteiger partial charge in [0.15, 0.2) is 0 Å². The van der Waals surface area contributed by atoms with Crippen LogP contribution in [-0.4, -0.2) is 13.1 Å². The molecule has 0 amide bonds. The first-order chi connectivity index (χ1) is 7.93. The SMILES string of the molecule is Cl.c1cc2c(cc1C1CCNCC1)CCCC2. The van der Waals surface area contributed by atoms with Crippen LogP contribution in [0.3, 0.4) is 0 Å². The zero-order valence-electron chi connectivity index (χ0n) is 10.4. The van der Waals surface area contributed by atoms with Crippen molar-refractivity contribution in [3.63, 3.8) is 0 Å². The molecule has 0 unspecified atom stereocenters. The van der Waals surface area contributed by atoms with E-state index in [2.05, 4.69) is 23.5 Å². The summed E-state index contributed by atoms with van der Waals surface area (Å²) in [6, 6.07) is 7.29. The molecular weight excluding hydrogens is 230 g/mol. The maximum absolute atomic E-state index is 3.45. The van der Waals surface area contributed by atoms with Crippen molar-refractivity contribution >= 4 is 12.4 Å². The third-order valence-electron chi connectivity index (χ3n) is 4.18. The van der Waals surface area contributed by atoms with Crippen molar-refractivity contribution in [1.82, 2.24) is 5.32 Å². The van der Waals surface area contributed by atoms with Crippen molar-refractivity contribution in [2.75, 3.05) is 13.1 Å². The Kier molecular flexibility index (Phi) is 4.47. The Bertz CT molecular complexity index is 369. The van der Waals surface area contributed by atoms with Crippen molar-refractivity contribution in [3.05, 3.63) is 34.9 Å². The number of hydrogen-bond acceptors (Lipinski definition) is 1. The van der Waals surface area contributed by atoms with Crippen molar-refractivity contribution < 1.29 is 0 Å². The number of piperidine rings is 1. The van der Waals surface area contributed by atoms with E-state index in [1.165, 1.54) is 51.6 Å². The summed E-state index contributed by atoms with van der Waals surface area (Å²) in [4.78, 5) is 0. The summed E-state index contributed by atoms with van der Waals surface area (Å²) >= 11 is 0. The number of hydrogen-bond donors (Lipinski definition) is 1. The van der Waals surface area contributed by atoms with Gasteiger partial charge in [-0.05, 0) is 74.2 Å². The Morgan fingerprint density at radius 1 is 0.941 bits per heavy atom. The van der Waals surface area contributed by atoms with E-state index in [4.69, 9.17) is 0 Å². The highest BCUT2D eigenvalue weighted by Crippen LogP contribution is 2.29. The van der Waals surface area contributed by atoms with Crippen LogP contribution in [-0.2, 0) is 12.8 Å². The van der Waals surface area contributed by atoms with E-state index in [9.17, 15) is 0 Å². The Labute approximate surface area is 110 Å². The topological polar surface area (TPSA) is 12.0 Å². The largest absolute Gasteiger partial charge is 0.317 e. The maximum Gasteiger partial charge on any atom is -0.00431 e. The third kappa shape index (κ3) is 2.83. The quantitative estimate of drug-likeness (QED) is 0.806. The first-order valence-corrected chi connectivity index (χ1v) is 6.76. The second-order valence-corrected chi connectivity index (χ2v) is 5.26. The molecular formula is C15H22ClN. The van der Waals surface area contributed by atoms with E-state index in [1.807, 2.05) is 0 Å². The molecule has 17 heavy (non-hydrogen) atoms. The van der Waals surface area contributed by atoms with E-state index < -0.39 is 0 Å². The van der Waals surface area contributed by atoms with Crippen molar-refractivity contribution in [3.8, 4) is 0 Å². The molecule has 1 N–H and O–H groups in total. The fourth-order valence-electron chi connectivity index (χ4n) is 3.16. The van der Waals surface area contributed by atoms with Crippen LogP contribution in [0.15, 0.2) is 18.2 Å². The van der Waals surface area contributed by atoms with E-state index in [-0.39, 0.29) is 12.4 Å². The van der Waals surface area contributed by atoms with Gasteiger partial charge in [-0.15, -0.1) is 12.4 Å². The van der Waals surface area contributed by atoms with Crippen LogP contribution < -0.4 is 5.32 Å². The van der Waals surface area contributed by atoms with Crippen LogP contribution in [0, 0.1) is 0 Å². The molecule has 2 aliphatic rings. The van der Waals surface area contributed by atoms with E-state index in [0.717, 1.165) is 5.92 Å². The van der Waals surface area contributed by atoms with Crippen molar-refractivity contribution in [2.24, 2.45) is 0 Å². The molecule has 1 aliphatic carbocycles. The number of nitrogens with one attached hydrogen (secondary N) is 1. The van der Waals surface area contributed by atoms with Gasteiger partial charge < -0.3 is 5.32 Å². The molecule has 1 heterocycles. The number of rotatable bonds is 1. The second kappa shape index (κ2) is 5.88. The molecule has 0 spiro atoms. The molecule has 1 saturated heterocycles. The Morgan fingerprint density at radius 3 is 2.41 bits per heavy atom. The van der Waals surface area contributed by atoms with Crippen LogP contribution in [0.1, 0.15) is 48.3 Å². The van der Waals surface area contributed by atoms with Crippen LogP contribution in [0.5, 0.6) is 0 Å². The lowest BCUT2D eigenvalue weighted by Gasteiger charge is -2.25. The van der Waals surface area contributed by atoms with Crippen LogP contribution in [0.2, 0.25) is 0 Å². The monoisotopic (exact) mass is 251 g/mol. The number of benzene rings is 1. The predicted molar refractivity (Wildman–Crippen MR) is 75.2 cm³/mol. The van der Waals surface area contributed by atoms with Gasteiger partial charge in [0.25, 0.3) is 0 Å². The fourth-order valence-corrected chi connectivity index (χ4v) is 3.16. The number of aryl methyl sites for hydroxylation is 2. The molecule has 0 aromatic heterocycles. The lowest BCUT2D eigenvalue weighted by molar-refractivity contribution is 0.460. The van der Waals surface area contributed by atoms with Crippen LogP contribution in [0.4, 0.5) is 0 Å². The van der Waals surface area contributed by atoms with Gasteiger partial charge >= 0.3 is 0 Å². The maximum atomic E-state index is 3.45. The predicted octanol–water partition coefficient (Wildman–Crippen LogP) is 3.45. The van der Waals surface area contributed by atoms with E-state index in [1.54, 1.807) is 16.7 Å². The van der Waals surface area contributed by atoms with Crippen molar-refractivity contribution in [2.45, 2.75) is 44.4 Å². The summed E-state index contributed by atoms with van der Waals surface area (Å²) < 4.78 is 0. The minimum atomic E-state index is 0. The molecule has 94 valence electrons. The summed E-state index contributed by atoms with van der Waals surface area (Å²) in [5.74, 6) is 0.813. The Morgan fingerprint density at radius 2 is 1.65 bits per heavy atom. The first kappa shape index (κ1) is 12.9. The highest BCUT2D eigenvalue weighted by Gasteiger charge is 2.17. The average Bonchev–Trinajstić information content (AvgIpc) is 2.39. The summed E-state index contributed by atoms with van der Waals surface area (Å²) in [5.41, 5.74) is 4.85. The minimum absolute atomic E-state index is 0. The van der Waals surface area contributed by atoms with E-state index >= 15 is 0 Å².